The molecule has 1 aliphatic heterocycles. The van der Waals surface area contributed by atoms with Crippen molar-refractivity contribution >= 4 is 34.7 Å². The van der Waals surface area contributed by atoms with Crippen LogP contribution in [-0.2, 0) is 15.7 Å². The maximum Gasteiger partial charge on any atom is 0.416 e. The zero-order valence-electron chi connectivity index (χ0n) is 18.7. The molecular weight excluding hydrogens is 469 g/mol. The van der Waals surface area contributed by atoms with Crippen LogP contribution in [0.1, 0.15) is 24.5 Å². The molecule has 2 aromatic carbocycles. The quantitative estimate of drug-likeness (QED) is 0.424. The van der Waals surface area contributed by atoms with E-state index < -0.39 is 17.7 Å². The first-order chi connectivity index (χ1) is 16.2. The molecular formula is C23H25F3N4O3S. The summed E-state index contributed by atoms with van der Waals surface area (Å²) in [5.74, 6) is 0.311. The van der Waals surface area contributed by atoms with Crippen LogP contribution < -0.4 is 15.4 Å². The lowest BCUT2D eigenvalue weighted by Gasteiger charge is -2.19. The zero-order valence-corrected chi connectivity index (χ0v) is 19.5. The molecule has 3 rings (SSSR count). The molecule has 182 valence electrons. The number of hydrogen-bond donors (Lipinski definition) is 2. The van der Waals surface area contributed by atoms with Crippen molar-refractivity contribution in [1.29, 1.82) is 0 Å². The fraction of sp³-hybridized carbons (Fsp3) is 0.348. The van der Waals surface area contributed by atoms with Gasteiger partial charge in [0.15, 0.2) is 5.11 Å². The highest BCUT2D eigenvalue weighted by atomic mass is 32.1. The first-order valence-electron chi connectivity index (χ1n) is 10.6. The SMILES string of the molecule is CCCOc1ccc(C2=NN(C(=S)Nc3ccc(C(F)(F)F)cc3)CC2NCC(=O)OC)cc1. The molecule has 0 saturated carbocycles. The topological polar surface area (TPSA) is 75.2 Å². The number of rotatable bonds is 8. The largest absolute Gasteiger partial charge is 0.494 e. The summed E-state index contributed by atoms with van der Waals surface area (Å²) in [7, 11) is 1.30. The van der Waals surface area contributed by atoms with Gasteiger partial charge in [-0.25, -0.2) is 5.01 Å². The molecule has 1 heterocycles. The number of methoxy groups -OCH3 is 1. The normalized spacial score (nSPS) is 15.6. The highest BCUT2D eigenvalue weighted by Gasteiger charge is 2.31. The number of hydrogen-bond acceptors (Lipinski definition) is 6. The van der Waals surface area contributed by atoms with Crippen LogP contribution in [0.5, 0.6) is 5.75 Å². The first kappa shape index (κ1) is 25.4. The van der Waals surface area contributed by atoms with Gasteiger partial charge in [-0.1, -0.05) is 6.92 Å². The van der Waals surface area contributed by atoms with E-state index in [1.165, 1.54) is 24.3 Å². The average molecular weight is 495 g/mol. The second-order valence-electron chi connectivity index (χ2n) is 7.46. The molecule has 0 radical (unpaired) electrons. The number of ether oxygens (including phenoxy) is 2. The predicted octanol–water partition coefficient (Wildman–Crippen LogP) is 4.04. The molecule has 11 heteroatoms. The molecule has 0 fully saturated rings. The van der Waals surface area contributed by atoms with Gasteiger partial charge in [0.05, 0.1) is 44.1 Å². The first-order valence-corrected chi connectivity index (χ1v) is 11.0. The average Bonchev–Trinajstić information content (AvgIpc) is 3.25. The van der Waals surface area contributed by atoms with E-state index in [0.717, 1.165) is 29.9 Å². The summed E-state index contributed by atoms with van der Waals surface area (Å²) < 4.78 is 48.7. The molecule has 0 aromatic heterocycles. The van der Waals surface area contributed by atoms with E-state index >= 15 is 0 Å². The number of nitrogens with one attached hydrogen (secondary N) is 2. The van der Waals surface area contributed by atoms with Crippen LogP contribution in [0.25, 0.3) is 0 Å². The van der Waals surface area contributed by atoms with Gasteiger partial charge in [-0.05, 0) is 72.7 Å². The molecule has 1 atom stereocenters. The van der Waals surface area contributed by atoms with Crippen molar-refractivity contribution in [3.63, 3.8) is 0 Å². The Morgan fingerprint density at radius 1 is 1.18 bits per heavy atom. The van der Waals surface area contributed by atoms with Gasteiger partial charge in [0.25, 0.3) is 0 Å². The summed E-state index contributed by atoms with van der Waals surface area (Å²) in [6, 6.07) is 11.6. The second-order valence-corrected chi connectivity index (χ2v) is 7.84. The van der Waals surface area contributed by atoms with E-state index in [1.54, 1.807) is 0 Å². The molecule has 0 amide bonds. The summed E-state index contributed by atoms with van der Waals surface area (Å²) >= 11 is 5.43. The Balaban J connectivity index is 1.75. The van der Waals surface area contributed by atoms with E-state index in [0.29, 0.717) is 24.6 Å². The van der Waals surface area contributed by atoms with E-state index in [1.807, 2.05) is 31.2 Å². The Morgan fingerprint density at radius 2 is 1.85 bits per heavy atom. The summed E-state index contributed by atoms with van der Waals surface area (Å²) in [5, 5.41) is 12.4. The number of carbonyl (C=O) groups is 1. The third kappa shape index (κ3) is 6.67. The zero-order chi connectivity index (χ0) is 24.7. The Kier molecular flexibility index (Phi) is 8.46. The molecule has 34 heavy (non-hydrogen) atoms. The second kappa shape index (κ2) is 11.3. The van der Waals surface area contributed by atoms with Crippen LogP contribution in [0.4, 0.5) is 18.9 Å². The molecule has 0 bridgehead atoms. The molecule has 0 saturated heterocycles. The maximum absolute atomic E-state index is 12.8. The minimum absolute atomic E-state index is 0.0230. The van der Waals surface area contributed by atoms with Gasteiger partial charge >= 0.3 is 12.1 Å². The van der Waals surface area contributed by atoms with Gasteiger partial charge in [0.1, 0.15) is 5.75 Å². The third-order valence-electron chi connectivity index (χ3n) is 4.96. The predicted molar refractivity (Wildman–Crippen MR) is 127 cm³/mol. The highest BCUT2D eigenvalue weighted by molar-refractivity contribution is 7.80. The molecule has 0 spiro atoms. The Morgan fingerprint density at radius 3 is 2.44 bits per heavy atom. The Bertz CT molecular complexity index is 1030. The summed E-state index contributed by atoms with van der Waals surface area (Å²) in [6.45, 7) is 2.92. The molecule has 2 aromatic rings. The number of nitrogens with zero attached hydrogens (tertiary/aromatic N) is 2. The number of carbonyl (C=O) groups excluding carboxylic acids is 1. The van der Waals surface area contributed by atoms with Crippen molar-refractivity contribution < 1.29 is 27.4 Å². The van der Waals surface area contributed by atoms with Crippen molar-refractivity contribution in [2.75, 3.05) is 32.1 Å². The minimum atomic E-state index is -4.41. The smallest absolute Gasteiger partial charge is 0.416 e. The lowest BCUT2D eigenvalue weighted by Crippen LogP contribution is -2.43. The van der Waals surface area contributed by atoms with E-state index in [-0.39, 0.29) is 17.7 Å². The number of anilines is 1. The standard InChI is InChI=1S/C23H25F3N4O3S/c1-3-12-33-18-10-4-15(5-11-18)21-19(27-13-20(31)32-2)14-30(29-21)22(34)28-17-8-6-16(7-9-17)23(24,25)26/h4-11,19,27H,3,12-14H2,1-2H3,(H,28,34). The molecule has 1 unspecified atom stereocenters. The molecule has 0 aliphatic carbocycles. The van der Waals surface area contributed by atoms with Crippen LogP contribution >= 0.6 is 12.2 Å². The molecule has 1 aliphatic rings. The Hall–Kier alpha value is -3.18. The van der Waals surface area contributed by atoms with E-state index in [9.17, 15) is 18.0 Å². The Labute approximate surface area is 200 Å². The van der Waals surface area contributed by atoms with Gasteiger partial charge in [-0.3, -0.25) is 10.1 Å². The fourth-order valence-corrected chi connectivity index (χ4v) is 3.43. The number of thiocarbonyl (C=S) groups is 1. The van der Waals surface area contributed by atoms with Crippen LogP contribution in [0, 0.1) is 0 Å². The van der Waals surface area contributed by atoms with Crippen LogP contribution in [0.2, 0.25) is 0 Å². The van der Waals surface area contributed by atoms with Crippen molar-refractivity contribution in [2.45, 2.75) is 25.6 Å². The molecule has 7 nitrogen and oxygen atoms in total. The molecule has 2 N–H and O–H groups in total. The van der Waals surface area contributed by atoms with Crippen molar-refractivity contribution in [1.82, 2.24) is 10.3 Å². The van der Waals surface area contributed by atoms with Gasteiger partial charge in [-0.15, -0.1) is 0 Å². The van der Waals surface area contributed by atoms with Gasteiger partial charge in [0, 0.05) is 5.69 Å². The van der Waals surface area contributed by atoms with Crippen LogP contribution in [-0.4, -0.2) is 54.7 Å². The van der Waals surface area contributed by atoms with Crippen molar-refractivity contribution in [3.8, 4) is 5.75 Å². The number of hydrazone groups is 1. The third-order valence-corrected chi connectivity index (χ3v) is 5.27. The maximum atomic E-state index is 12.8. The van der Waals surface area contributed by atoms with E-state index in [2.05, 4.69) is 15.7 Å². The van der Waals surface area contributed by atoms with Gasteiger partial charge in [0.2, 0.25) is 0 Å². The monoisotopic (exact) mass is 494 g/mol. The van der Waals surface area contributed by atoms with Crippen molar-refractivity contribution in [3.05, 3.63) is 59.7 Å². The van der Waals surface area contributed by atoms with Crippen molar-refractivity contribution in [2.24, 2.45) is 5.10 Å². The lowest BCUT2D eigenvalue weighted by atomic mass is 10.0. The van der Waals surface area contributed by atoms with Crippen LogP contribution in [0.3, 0.4) is 0 Å². The highest BCUT2D eigenvalue weighted by Crippen LogP contribution is 2.30. The lowest BCUT2D eigenvalue weighted by molar-refractivity contribution is -0.139. The minimum Gasteiger partial charge on any atom is -0.494 e. The number of benzene rings is 2. The number of esters is 1. The van der Waals surface area contributed by atoms with E-state index in [4.69, 9.17) is 21.7 Å². The summed E-state index contributed by atoms with van der Waals surface area (Å²) in [4.78, 5) is 11.6. The fourth-order valence-electron chi connectivity index (χ4n) is 3.20. The van der Waals surface area contributed by atoms with Crippen LogP contribution in [0.15, 0.2) is 53.6 Å². The summed E-state index contributed by atoms with van der Waals surface area (Å²) in [5.41, 5.74) is 1.12. The number of halogens is 3. The summed E-state index contributed by atoms with van der Waals surface area (Å²) in [6.07, 6.45) is -3.52. The number of alkyl halides is 3. The van der Waals surface area contributed by atoms with Gasteiger partial charge < -0.3 is 14.8 Å². The van der Waals surface area contributed by atoms with Gasteiger partial charge in [-0.2, -0.15) is 18.3 Å².